The van der Waals surface area contributed by atoms with Gasteiger partial charge in [0.1, 0.15) is 0 Å². The van der Waals surface area contributed by atoms with Gasteiger partial charge < -0.3 is 0 Å². The fourth-order valence-electron chi connectivity index (χ4n) is 1.01. The first-order valence-electron chi connectivity index (χ1n) is 4.01. The minimum atomic E-state index is -2.90. The lowest BCUT2D eigenvalue weighted by molar-refractivity contribution is 0.592. The van der Waals surface area contributed by atoms with Gasteiger partial charge in [0, 0.05) is 6.16 Å². The van der Waals surface area contributed by atoms with Gasteiger partial charge in [0.05, 0.1) is 0 Å². The van der Waals surface area contributed by atoms with Crippen LogP contribution in [0.25, 0.3) is 0 Å². The van der Waals surface area contributed by atoms with E-state index in [1.54, 1.807) is 0 Å². The Morgan fingerprint density at radius 2 is 1.77 bits per heavy atom. The summed E-state index contributed by atoms with van der Waals surface area (Å²) in [5.74, 6) is -2.90. The van der Waals surface area contributed by atoms with Gasteiger partial charge in [-0.15, -0.1) is 0 Å². The van der Waals surface area contributed by atoms with E-state index in [2.05, 4.69) is 0 Å². The van der Waals surface area contributed by atoms with Crippen molar-refractivity contribution in [1.29, 1.82) is 0 Å². The van der Waals surface area contributed by atoms with E-state index in [-0.39, 0.29) is 0 Å². The van der Waals surface area contributed by atoms with Crippen molar-refractivity contribution in [1.82, 2.24) is 0 Å². The van der Waals surface area contributed by atoms with E-state index in [1.807, 2.05) is 31.2 Å². The highest BCUT2D eigenvalue weighted by molar-refractivity contribution is 8.08. The SMILES string of the molecule is Cc1ccc(CCP(=O)(Cl)Cl)cc1. The van der Waals surface area contributed by atoms with Gasteiger partial charge in [0.15, 0.2) is 0 Å². The van der Waals surface area contributed by atoms with Crippen LogP contribution < -0.4 is 0 Å². The fraction of sp³-hybridized carbons (Fsp3) is 0.333. The third kappa shape index (κ3) is 4.71. The highest BCUT2D eigenvalue weighted by atomic mass is 35.9. The first kappa shape index (κ1) is 11.1. The van der Waals surface area contributed by atoms with Crippen LogP contribution in [0, 0.1) is 6.92 Å². The molecule has 0 bridgehead atoms. The van der Waals surface area contributed by atoms with Crippen molar-refractivity contribution in [2.24, 2.45) is 0 Å². The molecular weight excluding hydrogens is 226 g/mol. The molecular formula is C9H11Cl2OP. The molecule has 72 valence electrons. The minimum absolute atomic E-state index is 0.346. The van der Waals surface area contributed by atoms with E-state index in [0.717, 1.165) is 5.56 Å². The van der Waals surface area contributed by atoms with Crippen molar-refractivity contribution in [3.8, 4) is 0 Å². The Bertz CT molecular complexity index is 315. The zero-order chi connectivity index (χ0) is 9.90. The average Bonchev–Trinajstić information content (AvgIpc) is 2.02. The lowest BCUT2D eigenvalue weighted by Crippen LogP contribution is -1.88. The first-order chi connectivity index (χ1) is 5.97. The van der Waals surface area contributed by atoms with Gasteiger partial charge in [0.25, 0.3) is 5.85 Å². The molecule has 0 aliphatic carbocycles. The summed E-state index contributed by atoms with van der Waals surface area (Å²) in [6.45, 7) is 2.03. The van der Waals surface area contributed by atoms with E-state index < -0.39 is 5.85 Å². The lowest BCUT2D eigenvalue weighted by atomic mass is 10.1. The topological polar surface area (TPSA) is 17.1 Å². The quantitative estimate of drug-likeness (QED) is 0.719. The summed E-state index contributed by atoms with van der Waals surface area (Å²) in [6.07, 6.45) is 1.02. The van der Waals surface area contributed by atoms with Gasteiger partial charge in [-0.1, -0.05) is 29.8 Å². The normalized spacial score (nSPS) is 11.6. The molecule has 0 radical (unpaired) electrons. The van der Waals surface area contributed by atoms with Gasteiger partial charge in [-0.2, -0.15) is 0 Å². The van der Waals surface area contributed by atoms with Gasteiger partial charge in [0.2, 0.25) is 0 Å². The lowest BCUT2D eigenvalue weighted by Gasteiger charge is -2.02. The van der Waals surface area contributed by atoms with Gasteiger partial charge >= 0.3 is 0 Å². The molecule has 0 saturated heterocycles. The standard InChI is InChI=1S/C9H11Cl2OP/c1-8-2-4-9(5-3-8)6-7-13(10,11)12/h2-5H,6-7H2,1H3. The molecule has 0 unspecified atom stereocenters. The number of hydrogen-bond donors (Lipinski definition) is 0. The average molecular weight is 237 g/mol. The number of aryl methyl sites for hydroxylation is 2. The van der Waals surface area contributed by atoms with Crippen molar-refractivity contribution >= 4 is 28.3 Å². The second-order valence-corrected chi connectivity index (χ2v) is 8.41. The summed E-state index contributed by atoms with van der Waals surface area (Å²) in [4.78, 5) is 0. The second kappa shape index (κ2) is 4.50. The van der Waals surface area contributed by atoms with Crippen LogP contribution in [0.3, 0.4) is 0 Å². The smallest absolute Gasteiger partial charge is 0.253 e. The summed E-state index contributed by atoms with van der Waals surface area (Å²) < 4.78 is 11.0. The minimum Gasteiger partial charge on any atom is -0.289 e. The molecule has 1 aromatic rings. The predicted molar refractivity (Wildman–Crippen MR) is 59.1 cm³/mol. The molecule has 0 spiro atoms. The van der Waals surface area contributed by atoms with E-state index in [0.29, 0.717) is 12.6 Å². The van der Waals surface area contributed by atoms with Gasteiger partial charge in [-0.25, -0.2) is 0 Å². The Labute approximate surface area is 88.0 Å². The molecule has 1 aromatic carbocycles. The van der Waals surface area contributed by atoms with Crippen molar-refractivity contribution < 1.29 is 4.57 Å². The third-order valence-corrected chi connectivity index (χ3v) is 3.54. The highest BCUT2D eigenvalue weighted by Crippen LogP contribution is 2.56. The molecule has 1 nitrogen and oxygen atoms in total. The summed E-state index contributed by atoms with van der Waals surface area (Å²) in [6, 6.07) is 8.03. The zero-order valence-electron chi connectivity index (χ0n) is 7.34. The Morgan fingerprint density at radius 3 is 2.23 bits per heavy atom. The molecule has 0 saturated carbocycles. The van der Waals surface area contributed by atoms with Crippen LogP contribution in [0.15, 0.2) is 24.3 Å². The summed E-state index contributed by atoms with van der Waals surface area (Å²) in [5, 5.41) is 0. The molecule has 4 heteroatoms. The summed E-state index contributed by atoms with van der Waals surface area (Å²) in [5.41, 5.74) is 2.33. The Morgan fingerprint density at radius 1 is 1.23 bits per heavy atom. The van der Waals surface area contributed by atoms with E-state index in [1.165, 1.54) is 5.56 Å². The summed E-state index contributed by atoms with van der Waals surface area (Å²) in [7, 11) is 0. The van der Waals surface area contributed by atoms with Crippen molar-refractivity contribution in [2.45, 2.75) is 13.3 Å². The number of rotatable bonds is 3. The van der Waals surface area contributed by atoms with Crippen molar-refractivity contribution in [3.63, 3.8) is 0 Å². The van der Waals surface area contributed by atoms with Crippen LogP contribution in [0.1, 0.15) is 11.1 Å². The van der Waals surface area contributed by atoms with E-state index >= 15 is 0 Å². The number of hydrogen-bond acceptors (Lipinski definition) is 1. The summed E-state index contributed by atoms with van der Waals surface area (Å²) >= 11 is 10.9. The molecule has 0 N–H and O–H groups in total. The first-order valence-corrected chi connectivity index (χ1v) is 7.71. The van der Waals surface area contributed by atoms with Crippen molar-refractivity contribution in [2.75, 3.05) is 6.16 Å². The Kier molecular flexibility index (Phi) is 3.85. The maximum absolute atomic E-state index is 11.0. The molecule has 0 aromatic heterocycles. The van der Waals surface area contributed by atoms with Crippen molar-refractivity contribution in [3.05, 3.63) is 35.4 Å². The predicted octanol–water partition coefficient (Wildman–Crippen LogP) is 4.21. The van der Waals surface area contributed by atoms with Gasteiger partial charge in [-0.05, 0) is 41.4 Å². The molecule has 0 atom stereocenters. The number of halogens is 2. The largest absolute Gasteiger partial charge is 0.289 e. The van der Waals surface area contributed by atoms with E-state index in [4.69, 9.17) is 22.5 Å². The van der Waals surface area contributed by atoms with Crippen LogP contribution in [0.4, 0.5) is 0 Å². The maximum atomic E-state index is 11.0. The van der Waals surface area contributed by atoms with Crippen LogP contribution in [0.2, 0.25) is 0 Å². The third-order valence-electron chi connectivity index (χ3n) is 1.78. The molecule has 0 aliphatic heterocycles. The second-order valence-electron chi connectivity index (χ2n) is 3.03. The Hall–Kier alpha value is 0.0300. The molecule has 1 rings (SSSR count). The van der Waals surface area contributed by atoms with Crippen LogP contribution in [-0.4, -0.2) is 6.16 Å². The molecule has 13 heavy (non-hydrogen) atoms. The van der Waals surface area contributed by atoms with Crippen LogP contribution in [0.5, 0.6) is 0 Å². The molecule has 0 amide bonds. The monoisotopic (exact) mass is 236 g/mol. The number of benzene rings is 1. The molecule has 0 fully saturated rings. The maximum Gasteiger partial charge on any atom is 0.253 e. The zero-order valence-corrected chi connectivity index (χ0v) is 9.74. The van der Waals surface area contributed by atoms with Crippen LogP contribution >= 0.6 is 28.3 Å². The molecule has 0 aliphatic rings. The fourth-order valence-corrected chi connectivity index (χ4v) is 2.04. The highest BCUT2D eigenvalue weighted by Gasteiger charge is 2.12. The molecule has 0 heterocycles. The Balaban J connectivity index is 2.56. The van der Waals surface area contributed by atoms with Crippen LogP contribution in [-0.2, 0) is 11.0 Å². The van der Waals surface area contributed by atoms with E-state index in [9.17, 15) is 4.57 Å². The van der Waals surface area contributed by atoms with Gasteiger partial charge in [-0.3, -0.25) is 4.57 Å².